The maximum Gasteiger partial charge on any atom is 0.339 e. The molecule has 0 saturated heterocycles. The molecule has 0 N–H and O–H groups in total. The molecule has 0 saturated carbocycles. The summed E-state index contributed by atoms with van der Waals surface area (Å²) in [6, 6.07) is 16.0. The van der Waals surface area contributed by atoms with Crippen LogP contribution in [0.15, 0.2) is 48.5 Å². The first-order valence-corrected chi connectivity index (χ1v) is 6.04. The van der Waals surface area contributed by atoms with Crippen molar-refractivity contribution in [2.75, 3.05) is 7.11 Å². The summed E-state index contributed by atoms with van der Waals surface area (Å²) in [5.41, 5.74) is 1.37. The summed E-state index contributed by atoms with van der Waals surface area (Å²) in [5.74, 6) is 0.00853. The molecule has 2 aromatic carbocycles. The van der Waals surface area contributed by atoms with Crippen molar-refractivity contribution in [1.82, 2.24) is 0 Å². The number of nitriles is 1. The number of nitrogens with zero attached hydrogens (tertiary/aromatic N) is 1. The zero-order chi connectivity index (χ0) is 14.4. The Morgan fingerprint density at radius 3 is 2.60 bits per heavy atom. The number of esters is 1. The average Bonchev–Trinajstić information content (AvgIpc) is 2.52. The average molecular weight is 267 g/mol. The number of ether oxygens (including phenoxy) is 2. The van der Waals surface area contributed by atoms with E-state index < -0.39 is 5.97 Å². The van der Waals surface area contributed by atoms with Gasteiger partial charge >= 0.3 is 5.97 Å². The molecule has 0 aliphatic carbocycles. The van der Waals surface area contributed by atoms with Crippen molar-refractivity contribution >= 4 is 5.97 Å². The Morgan fingerprint density at radius 1 is 1.20 bits per heavy atom. The molecule has 2 rings (SSSR count). The van der Waals surface area contributed by atoms with Crippen LogP contribution in [0.5, 0.6) is 5.75 Å². The molecule has 20 heavy (non-hydrogen) atoms. The summed E-state index contributed by atoms with van der Waals surface area (Å²) < 4.78 is 10.2. The van der Waals surface area contributed by atoms with E-state index in [1.807, 2.05) is 36.4 Å². The van der Waals surface area contributed by atoms with Crippen LogP contribution in [0.4, 0.5) is 0 Å². The Bertz CT molecular complexity index is 645. The summed E-state index contributed by atoms with van der Waals surface area (Å²) in [5, 5.41) is 9.06. The van der Waals surface area contributed by atoms with Gasteiger partial charge in [-0.05, 0) is 23.8 Å². The van der Waals surface area contributed by atoms with Gasteiger partial charge in [0.05, 0.1) is 18.2 Å². The van der Waals surface area contributed by atoms with Gasteiger partial charge in [0.15, 0.2) is 0 Å². The largest absolute Gasteiger partial charge is 0.497 e. The second-order valence-electron chi connectivity index (χ2n) is 4.09. The van der Waals surface area contributed by atoms with Gasteiger partial charge in [0, 0.05) is 0 Å². The summed E-state index contributed by atoms with van der Waals surface area (Å²) >= 11 is 0. The molecule has 0 atom stereocenters. The van der Waals surface area contributed by atoms with Crippen molar-refractivity contribution in [1.29, 1.82) is 5.26 Å². The summed E-state index contributed by atoms with van der Waals surface area (Å²) in [6.07, 6.45) is 0. The molecule has 0 unspecified atom stereocenters. The van der Waals surface area contributed by atoms with E-state index >= 15 is 0 Å². The van der Waals surface area contributed by atoms with Gasteiger partial charge < -0.3 is 9.47 Å². The molecule has 0 bridgehead atoms. The maximum atomic E-state index is 12.0. The van der Waals surface area contributed by atoms with Crippen molar-refractivity contribution in [3.8, 4) is 11.8 Å². The molecule has 0 aliphatic heterocycles. The van der Waals surface area contributed by atoms with Gasteiger partial charge in [0.2, 0.25) is 0 Å². The minimum Gasteiger partial charge on any atom is -0.497 e. The molecule has 4 heteroatoms. The Balaban J connectivity index is 2.12. The third-order valence-electron chi connectivity index (χ3n) is 2.78. The highest BCUT2D eigenvalue weighted by atomic mass is 16.5. The van der Waals surface area contributed by atoms with E-state index in [2.05, 4.69) is 0 Å². The molecular weight excluding hydrogens is 254 g/mol. The van der Waals surface area contributed by atoms with E-state index in [9.17, 15) is 4.79 Å². The second kappa shape index (κ2) is 6.39. The van der Waals surface area contributed by atoms with Gasteiger partial charge in [-0.3, -0.25) is 0 Å². The van der Waals surface area contributed by atoms with Gasteiger partial charge in [-0.1, -0.05) is 30.3 Å². The van der Waals surface area contributed by atoms with Crippen LogP contribution in [-0.4, -0.2) is 13.1 Å². The van der Waals surface area contributed by atoms with E-state index in [0.717, 1.165) is 5.56 Å². The SMILES string of the molecule is COc1ccc(C(=O)OCc2ccccc2)c(C#N)c1. The summed E-state index contributed by atoms with van der Waals surface area (Å²) in [4.78, 5) is 12.0. The Kier molecular flexibility index (Phi) is 4.35. The lowest BCUT2D eigenvalue weighted by Gasteiger charge is -2.07. The lowest BCUT2D eigenvalue weighted by Crippen LogP contribution is -2.07. The van der Waals surface area contributed by atoms with Crippen LogP contribution < -0.4 is 4.74 Å². The van der Waals surface area contributed by atoms with Crippen LogP contribution in [0, 0.1) is 11.3 Å². The first-order chi connectivity index (χ1) is 9.74. The minimum atomic E-state index is -0.520. The number of carbonyl (C=O) groups excluding carboxylic acids is 1. The number of rotatable bonds is 4. The fraction of sp³-hybridized carbons (Fsp3) is 0.125. The molecule has 4 nitrogen and oxygen atoms in total. The van der Waals surface area contributed by atoms with E-state index in [4.69, 9.17) is 14.7 Å². The first kappa shape index (κ1) is 13.6. The molecule has 2 aromatic rings. The predicted octanol–water partition coefficient (Wildman–Crippen LogP) is 2.92. The highest BCUT2D eigenvalue weighted by Crippen LogP contribution is 2.18. The molecule has 0 aliphatic rings. The summed E-state index contributed by atoms with van der Waals surface area (Å²) in [7, 11) is 1.50. The van der Waals surface area contributed by atoms with Crippen molar-refractivity contribution < 1.29 is 14.3 Å². The highest BCUT2D eigenvalue weighted by molar-refractivity contribution is 5.92. The lowest BCUT2D eigenvalue weighted by molar-refractivity contribution is 0.0472. The highest BCUT2D eigenvalue weighted by Gasteiger charge is 2.13. The Labute approximate surface area is 117 Å². The molecule has 0 radical (unpaired) electrons. The molecule has 0 aromatic heterocycles. The molecule has 0 heterocycles. The maximum absolute atomic E-state index is 12.0. The predicted molar refractivity (Wildman–Crippen MR) is 73.3 cm³/mol. The van der Waals surface area contributed by atoms with Crippen molar-refractivity contribution in [3.63, 3.8) is 0 Å². The van der Waals surface area contributed by atoms with Gasteiger partial charge in [-0.15, -0.1) is 0 Å². The fourth-order valence-corrected chi connectivity index (χ4v) is 1.72. The Hall–Kier alpha value is -2.80. The number of methoxy groups -OCH3 is 1. The standard InChI is InChI=1S/C16H13NO3/c1-19-14-7-8-15(13(9-14)10-17)16(18)20-11-12-5-3-2-4-6-12/h2-9H,11H2,1H3. The number of hydrogen-bond acceptors (Lipinski definition) is 4. The smallest absolute Gasteiger partial charge is 0.339 e. The van der Waals surface area contributed by atoms with Crippen molar-refractivity contribution in [3.05, 3.63) is 65.2 Å². The molecular formula is C16H13NO3. The first-order valence-electron chi connectivity index (χ1n) is 6.04. The van der Waals surface area contributed by atoms with Crippen LogP contribution in [-0.2, 0) is 11.3 Å². The number of benzene rings is 2. The molecule has 0 fully saturated rings. The van der Waals surface area contributed by atoms with Gasteiger partial charge in [-0.25, -0.2) is 4.79 Å². The van der Waals surface area contributed by atoms with Crippen molar-refractivity contribution in [2.45, 2.75) is 6.61 Å². The van der Waals surface area contributed by atoms with Crippen LogP contribution in [0.1, 0.15) is 21.5 Å². The van der Waals surface area contributed by atoms with Crippen LogP contribution in [0.2, 0.25) is 0 Å². The minimum absolute atomic E-state index is 0.177. The molecule has 100 valence electrons. The normalized spacial score (nSPS) is 9.60. The zero-order valence-corrected chi connectivity index (χ0v) is 11.0. The zero-order valence-electron chi connectivity index (χ0n) is 11.0. The van der Waals surface area contributed by atoms with E-state index in [-0.39, 0.29) is 17.7 Å². The number of carbonyl (C=O) groups is 1. The Morgan fingerprint density at radius 2 is 1.95 bits per heavy atom. The topological polar surface area (TPSA) is 59.3 Å². The fourth-order valence-electron chi connectivity index (χ4n) is 1.72. The van der Waals surface area contributed by atoms with E-state index in [1.165, 1.54) is 19.2 Å². The van der Waals surface area contributed by atoms with Crippen molar-refractivity contribution in [2.24, 2.45) is 0 Å². The van der Waals surface area contributed by atoms with Crippen LogP contribution in [0.25, 0.3) is 0 Å². The van der Waals surface area contributed by atoms with Crippen LogP contribution >= 0.6 is 0 Å². The summed E-state index contributed by atoms with van der Waals surface area (Å²) in [6.45, 7) is 0.177. The van der Waals surface area contributed by atoms with E-state index in [1.54, 1.807) is 6.07 Å². The third-order valence-corrected chi connectivity index (χ3v) is 2.78. The van der Waals surface area contributed by atoms with Gasteiger partial charge in [-0.2, -0.15) is 5.26 Å². The van der Waals surface area contributed by atoms with E-state index in [0.29, 0.717) is 5.75 Å². The molecule has 0 spiro atoms. The monoisotopic (exact) mass is 267 g/mol. The van der Waals surface area contributed by atoms with Gasteiger partial charge in [0.25, 0.3) is 0 Å². The second-order valence-corrected chi connectivity index (χ2v) is 4.09. The quantitative estimate of drug-likeness (QED) is 0.799. The van der Waals surface area contributed by atoms with Crippen LogP contribution in [0.3, 0.4) is 0 Å². The molecule has 0 amide bonds. The van der Waals surface area contributed by atoms with Gasteiger partial charge in [0.1, 0.15) is 18.4 Å². The lowest BCUT2D eigenvalue weighted by atomic mass is 10.1. The third kappa shape index (κ3) is 3.15. The number of hydrogen-bond donors (Lipinski definition) is 0.